The number of rotatable bonds is 11. The molecule has 0 fully saturated rings. The molecule has 35 heavy (non-hydrogen) atoms. The van der Waals surface area contributed by atoms with Gasteiger partial charge in [-0.1, -0.05) is 31.2 Å². The molecule has 9 heteroatoms. The third-order valence-electron chi connectivity index (χ3n) is 5.69. The number of ether oxygens (including phenoxy) is 1. The molecule has 2 heterocycles. The number of nitrogens with one attached hydrogen (secondary N) is 2. The summed E-state index contributed by atoms with van der Waals surface area (Å²) in [7, 11) is 1.56. The summed E-state index contributed by atoms with van der Waals surface area (Å²) in [5.41, 5.74) is 0.169. The van der Waals surface area contributed by atoms with Gasteiger partial charge < -0.3 is 20.3 Å². The van der Waals surface area contributed by atoms with Gasteiger partial charge in [-0.3, -0.25) is 14.4 Å². The lowest BCUT2D eigenvalue weighted by Crippen LogP contribution is -2.51. The van der Waals surface area contributed by atoms with E-state index in [0.29, 0.717) is 16.2 Å². The van der Waals surface area contributed by atoms with Gasteiger partial charge in [0.2, 0.25) is 11.8 Å². The highest BCUT2D eigenvalue weighted by Crippen LogP contribution is 2.28. The van der Waals surface area contributed by atoms with Crippen molar-refractivity contribution in [3.05, 3.63) is 74.6 Å². The molecule has 3 aromatic rings. The van der Waals surface area contributed by atoms with Crippen molar-refractivity contribution in [3.8, 4) is 5.75 Å². The Hall–Kier alpha value is -3.17. The predicted octanol–water partition coefficient (Wildman–Crippen LogP) is 4.62. The van der Waals surface area contributed by atoms with Crippen LogP contribution in [0.5, 0.6) is 5.75 Å². The van der Waals surface area contributed by atoms with Crippen LogP contribution in [0, 0.1) is 0 Å². The van der Waals surface area contributed by atoms with Crippen molar-refractivity contribution >= 4 is 40.4 Å². The van der Waals surface area contributed by atoms with Crippen LogP contribution >= 0.6 is 22.7 Å². The van der Waals surface area contributed by atoms with Crippen LogP contribution in [-0.2, 0) is 16.1 Å². The van der Waals surface area contributed by atoms with E-state index in [1.807, 2.05) is 44.4 Å². The van der Waals surface area contributed by atoms with E-state index in [2.05, 4.69) is 10.6 Å². The number of benzene rings is 1. The van der Waals surface area contributed by atoms with Crippen molar-refractivity contribution in [2.75, 3.05) is 13.7 Å². The van der Waals surface area contributed by atoms with Crippen LogP contribution in [0.2, 0.25) is 0 Å². The average Bonchev–Trinajstić information content (AvgIpc) is 3.56. The molecule has 0 saturated heterocycles. The molecule has 7 nitrogen and oxygen atoms in total. The second kappa shape index (κ2) is 12.0. The molecule has 0 aliphatic rings. The number of amides is 3. The molecule has 0 saturated carbocycles. The van der Waals surface area contributed by atoms with Gasteiger partial charge in [0.25, 0.3) is 5.91 Å². The SMILES string of the molecule is CCC(C)(C)NC(=O)[C@H](c1cccc(OC)c1)N(Cc1cccs1)C(=O)CNC(=O)c1cccs1. The highest BCUT2D eigenvalue weighted by atomic mass is 32.1. The molecule has 0 bridgehead atoms. The van der Waals surface area contributed by atoms with Gasteiger partial charge in [-0.25, -0.2) is 0 Å². The number of carbonyl (C=O) groups is 3. The van der Waals surface area contributed by atoms with Crippen LogP contribution in [0.25, 0.3) is 0 Å². The van der Waals surface area contributed by atoms with Crippen LogP contribution in [0.4, 0.5) is 0 Å². The summed E-state index contributed by atoms with van der Waals surface area (Å²) in [6, 6.07) is 13.6. The van der Waals surface area contributed by atoms with E-state index >= 15 is 0 Å². The van der Waals surface area contributed by atoms with E-state index in [4.69, 9.17) is 4.74 Å². The van der Waals surface area contributed by atoms with E-state index in [1.54, 1.807) is 42.8 Å². The number of methoxy groups -OCH3 is 1. The minimum Gasteiger partial charge on any atom is -0.497 e. The monoisotopic (exact) mass is 513 g/mol. The molecule has 0 spiro atoms. The van der Waals surface area contributed by atoms with Crippen LogP contribution in [0.1, 0.15) is 53.3 Å². The fourth-order valence-electron chi connectivity index (χ4n) is 3.42. The van der Waals surface area contributed by atoms with Gasteiger partial charge in [-0.2, -0.15) is 0 Å². The van der Waals surface area contributed by atoms with Crippen molar-refractivity contribution in [3.63, 3.8) is 0 Å². The molecule has 1 atom stereocenters. The first kappa shape index (κ1) is 26.4. The van der Waals surface area contributed by atoms with Crippen LogP contribution in [0.3, 0.4) is 0 Å². The topological polar surface area (TPSA) is 87.7 Å². The molecule has 2 aromatic heterocycles. The lowest BCUT2D eigenvalue weighted by atomic mass is 9.98. The fraction of sp³-hybridized carbons (Fsp3) is 0.346. The molecule has 0 unspecified atom stereocenters. The van der Waals surface area contributed by atoms with Crippen LogP contribution < -0.4 is 15.4 Å². The smallest absolute Gasteiger partial charge is 0.261 e. The Labute approximate surface area is 214 Å². The summed E-state index contributed by atoms with van der Waals surface area (Å²) in [6.07, 6.45) is 0.722. The summed E-state index contributed by atoms with van der Waals surface area (Å²) in [4.78, 5) is 42.7. The largest absolute Gasteiger partial charge is 0.497 e. The number of hydrogen-bond donors (Lipinski definition) is 2. The molecule has 2 N–H and O–H groups in total. The highest BCUT2D eigenvalue weighted by molar-refractivity contribution is 7.12. The fourth-order valence-corrected chi connectivity index (χ4v) is 4.76. The Bertz CT molecular complexity index is 1130. The summed E-state index contributed by atoms with van der Waals surface area (Å²) >= 11 is 2.81. The maximum atomic E-state index is 13.7. The second-order valence-corrected chi connectivity index (χ2v) is 10.6. The Kier molecular flexibility index (Phi) is 9.06. The van der Waals surface area contributed by atoms with Crippen molar-refractivity contribution in [2.24, 2.45) is 0 Å². The molecular formula is C26H31N3O4S2. The van der Waals surface area contributed by atoms with Gasteiger partial charge in [0, 0.05) is 10.4 Å². The average molecular weight is 514 g/mol. The zero-order valence-corrected chi connectivity index (χ0v) is 22.0. The van der Waals surface area contributed by atoms with Crippen LogP contribution in [-0.4, -0.2) is 41.8 Å². The zero-order valence-electron chi connectivity index (χ0n) is 20.4. The second-order valence-electron chi connectivity index (χ2n) is 8.67. The highest BCUT2D eigenvalue weighted by Gasteiger charge is 2.34. The number of thiophene rings is 2. The normalized spacial score (nSPS) is 12.0. The Morgan fingerprint density at radius 2 is 1.80 bits per heavy atom. The molecule has 186 valence electrons. The minimum absolute atomic E-state index is 0.229. The van der Waals surface area contributed by atoms with Gasteiger partial charge in [0.05, 0.1) is 25.1 Å². The lowest BCUT2D eigenvalue weighted by molar-refractivity contribution is -0.141. The molecule has 0 radical (unpaired) electrons. The van der Waals surface area contributed by atoms with Crippen molar-refractivity contribution < 1.29 is 19.1 Å². The van der Waals surface area contributed by atoms with Gasteiger partial charge in [0.15, 0.2) is 0 Å². The predicted molar refractivity (Wildman–Crippen MR) is 140 cm³/mol. The van der Waals surface area contributed by atoms with Crippen molar-refractivity contribution in [1.29, 1.82) is 0 Å². The van der Waals surface area contributed by atoms with Crippen molar-refractivity contribution in [2.45, 2.75) is 45.3 Å². The molecule has 3 amide bonds. The first-order valence-corrected chi connectivity index (χ1v) is 13.1. The van der Waals surface area contributed by atoms with E-state index in [0.717, 1.165) is 11.3 Å². The van der Waals surface area contributed by atoms with Gasteiger partial charge in [0.1, 0.15) is 11.8 Å². The van der Waals surface area contributed by atoms with Gasteiger partial charge in [-0.15, -0.1) is 22.7 Å². The molecular weight excluding hydrogens is 482 g/mol. The lowest BCUT2D eigenvalue weighted by Gasteiger charge is -2.34. The number of nitrogens with zero attached hydrogens (tertiary/aromatic N) is 1. The number of hydrogen-bond acceptors (Lipinski definition) is 6. The van der Waals surface area contributed by atoms with Gasteiger partial charge >= 0.3 is 0 Å². The first-order valence-electron chi connectivity index (χ1n) is 11.3. The maximum absolute atomic E-state index is 13.7. The Morgan fingerprint density at radius 1 is 1.06 bits per heavy atom. The van der Waals surface area contributed by atoms with Crippen LogP contribution in [0.15, 0.2) is 59.3 Å². The van der Waals surface area contributed by atoms with E-state index in [1.165, 1.54) is 27.6 Å². The van der Waals surface area contributed by atoms with E-state index in [9.17, 15) is 14.4 Å². The zero-order chi connectivity index (χ0) is 25.4. The third kappa shape index (κ3) is 7.16. The Balaban J connectivity index is 1.96. The summed E-state index contributed by atoms with van der Waals surface area (Å²) in [5.74, 6) is -0.385. The maximum Gasteiger partial charge on any atom is 0.261 e. The van der Waals surface area contributed by atoms with E-state index < -0.39 is 11.6 Å². The minimum atomic E-state index is -0.913. The Morgan fingerprint density at radius 3 is 2.43 bits per heavy atom. The molecule has 1 aromatic carbocycles. The number of carbonyl (C=O) groups excluding carboxylic acids is 3. The quantitative estimate of drug-likeness (QED) is 0.392. The molecule has 3 rings (SSSR count). The van der Waals surface area contributed by atoms with E-state index in [-0.39, 0.29) is 30.8 Å². The van der Waals surface area contributed by atoms with Gasteiger partial charge in [-0.05, 0) is 60.9 Å². The molecule has 0 aliphatic carbocycles. The summed E-state index contributed by atoms with van der Waals surface area (Å²) in [5, 5.41) is 9.52. The first-order chi connectivity index (χ1) is 16.7. The third-order valence-corrected chi connectivity index (χ3v) is 7.42. The standard InChI is InChI=1S/C26H31N3O4S2/c1-5-26(2,3)28-25(32)23(18-9-6-10-19(15-18)33-4)29(17-20-11-7-13-34-20)22(30)16-27-24(31)21-12-8-14-35-21/h6-15,23H,5,16-17H2,1-4H3,(H,27,31)(H,28,32)/t23-/m0/s1. The summed E-state index contributed by atoms with van der Waals surface area (Å²) in [6.45, 7) is 5.89. The van der Waals surface area contributed by atoms with Crippen molar-refractivity contribution in [1.82, 2.24) is 15.5 Å². The summed E-state index contributed by atoms with van der Waals surface area (Å²) < 4.78 is 5.38. The molecule has 0 aliphatic heterocycles.